The average Bonchev–Trinajstić information content (AvgIpc) is 2.94. The van der Waals surface area contributed by atoms with E-state index in [2.05, 4.69) is 48.5 Å². The van der Waals surface area contributed by atoms with Crippen molar-refractivity contribution in [1.82, 2.24) is 15.1 Å². The first kappa shape index (κ1) is 14.6. The van der Waals surface area contributed by atoms with E-state index in [0.717, 1.165) is 31.8 Å². The van der Waals surface area contributed by atoms with Crippen LogP contribution in [-0.4, -0.2) is 16.3 Å². The van der Waals surface area contributed by atoms with Gasteiger partial charge in [-0.05, 0) is 31.0 Å². The van der Waals surface area contributed by atoms with Crippen molar-refractivity contribution in [2.75, 3.05) is 6.54 Å². The van der Waals surface area contributed by atoms with Crippen molar-refractivity contribution in [3.8, 4) is 5.75 Å². The van der Waals surface area contributed by atoms with Gasteiger partial charge in [-0.15, -0.1) is 0 Å². The van der Waals surface area contributed by atoms with Crippen molar-refractivity contribution < 1.29 is 4.74 Å². The second kappa shape index (κ2) is 7.70. The summed E-state index contributed by atoms with van der Waals surface area (Å²) in [7, 11) is 0. The molecule has 0 aliphatic rings. The predicted octanol–water partition coefficient (Wildman–Crippen LogP) is 2.98. The van der Waals surface area contributed by atoms with E-state index >= 15 is 0 Å². The Kier molecular flexibility index (Phi) is 5.62. The second-order valence-electron chi connectivity index (χ2n) is 4.77. The van der Waals surface area contributed by atoms with Crippen LogP contribution in [0.2, 0.25) is 0 Å². The molecule has 0 saturated heterocycles. The van der Waals surface area contributed by atoms with E-state index in [9.17, 15) is 0 Å². The number of aromatic nitrogens is 2. The molecule has 0 aliphatic heterocycles. The predicted molar refractivity (Wildman–Crippen MR) is 80.7 cm³/mol. The third-order valence-electron chi connectivity index (χ3n) is 3.19. The first-order valence-electron chi connectivity index (χ1n) is 7.26. The third kappa shape index (κ3) is 4.10. The van der Waals surface area contributed by atoms with Gasteiger partial charge in [0.2, 0.25) is 0 Å². The number of nitrogens with one attached hydrogen (secondary N) is 1. The summed E-state index contributed by atoms with van der Waals surface area (Å²) < 4.78 is 7.68. The summed E-state index contributed by atoms with van der Waals surface area (Å²) in [6, 6.07) is 8.39. The van der Waals surface area contributed by atoms with Crippen LogP contribution in [0.5, 0.6) is 5.75 Å². The highest BCUT2D eigenvalue weighted by atomic mass is 16.5. The van der Waals surface area contributed by atoms with E-state index in [-0.39, 0.29) is 0 Å². The van der Waals surface area contributed by atoms with Gasteiger partial charge >= 0.3 is 0 Å². The molecule has 1 heterocycles. The van der Waals surface area contributed by atoms with Crippen molar-refractivity contribution >= 4 is 0 Å². The fourth-order valence-electron chi connectivity index (χ4n) is 2.02. The average molecular weight is 273 g/mol. The van der Waals surface area contributed by atoms with Crippen molar-refractivity contribution in [3.05, 3.63) is 47.8 Å². The van der Waals surface area contributed by atoms with Crippen molar-refractivity contribution in [3.63, 3.8) is 0 Å². The molecule has 0 amide bonds. The molecule has 0 atom stereocenters. The Hall–Kier alpha value is -1.81. The highest BCUT2D eigenvalue weighted by molar-refractivity contribution is 5.27. The van der Waals surface area contributed by atoms with Gasteiger partial charge in [0.15, 0.2) is 5.75 Å². The third-order valence-corrected chi connectivity index (χ3v) is 3.19. The summed E-state index contributed by atoms with van der Waals surface area (Å²) in [4.78, 5) is 0. The minimum Gasteiger partial charge on any atom is -0.486 e. The second-order valence-corrected chi connectivity index (χ2v) is 4.77. The lowest BCUT2D eigenvalue weighted by Crippen LogP contribution is -2.15. The van der Waals surface area contributed by atoms with Gasteiger partial charge < -0.3 is 10.1 Å². The molecule has 108 valence electrons. The van der Waals surface area contributed by atoms with E-state index in [1.54, 1.807) is 6.20 Å². The Morgan fingerprint density at radius 2 is 2.00 bits per heavy atom. The SMILES string of the molecule is CCCNCc1ccccc1COc1cnn(CC)c1. The smallest absolute Gasteiger partial charge is 0.157 e. The molecule has 1 N–H and O–H groups in total. The van der Waals surface area contributed by atoms with Crippen LogP contribution in [0, 0.1) is 0 Å². The summed E-state index contributed by atoms with van der Waals surface area (Å²) in [5.74, 6) is 0.822. The topological polar surface area (TPSA) is 39.1 Å². The van der Waals surface area contributed by atoms with E-state index in [0.29, 0.717) is 6.61 Å². The maximum absolute atomic E-state index is 5.81. The lowest BCUT2D eigenvalue weighted by Gasteiger charge is -2.10. The number of nitrogens with zero attached hydrogens (tertiary/aromatic N) is 2. The molecule has 2 aromatic rings. The fraction of sp³-hybridized carbons (Fsp3) is 0.438. The number of rotatable bonds is 8. The van der Waals surface area contributed by atoms with Crippen molar-refractivity contribution in [1.29, 1.82) is 0 Å². The molecule has 1 aromatic carbocycles. The molecular formula is C16H23N3O. The zero-order chi connectivity index (χ0) is 14.2. The zero-order valence-electron chi connectivity index (χ0n) is 12.3. The highest BCUT2D eigenvalue weighted by Gasteiger charge is 2.04. The van der Waals surface area contributed by atoms with Gasteiger partial charge in [0.25, 0.3) is 0 Å². The Balaban J connectivity index is 1.94. The molecule has 0 aliphatic carbocycles. The first-order valence-corrected chi connectivity index (χ1v) is 7.26. The van der Waals surface area contributed by atoms with Crippen LogP contribution in [0.1, 0.15) is 31.4 Å². The molecule has 1 aromatic heterocycles. The molecule has 20 heavy (non-hydrogen) atoms. The van der Waals surface area contributed by atoms with Crippen LogP contribution in [0.4, 0.5) is 0 Å². The Bertz CT molecular complexity index is 522. The molecule has 0 spiro atoms. The Morgan fingerprint density at radius 1 is 1.20 bits per heavy atom. The Morgan fingerprint density at radius 3 is 2.70 bits per heavy atom. The fourth-order valence-corrected chi connectivity index (χ4v) is 2.02. The van der Waals surface area contributed by atoms with Gasteiger partial charge in [0.05, 0.1) is 12.4 Å². The number of ether oxygens (including phenoxy) is 1. The van der Waals surface area contributed by atoms with Crippen LogP contribution in [0.3, 0.4) is 0 Å². The lowest BCUT2D eigenvalue weighted by molar-refractivity contribution is 0.304. The maximum Gasteiger partial charge on any atom is 0.157 e. The Labute approximate surface area is 120 Å². The van der Waals surface area contributed by atoms with Crippen LogP contribution in [0.15, 0.2) is 36.7 Å². The van der Waals surface area contributed by atoms with Crippen molar-refractivity contribution in [2.24, 2.45) is 0 Å². The highest BCUT2D eigenvalue weighted by Crippen LogP contribution is 2.14. The number of hydrogen-bond acceptors (Lipinski definition) is 3. The molecule has 4 heteroatoms. The summed E-state index contributed by atoms with van der Waals surface area (Å²) >= 11 is 0. The quantitative estimate of drug-likeness (QED) is 0.752. The largest absolute Gasteiger partial charge is 0.486 e. The number of benzene rings is 1. The maximum atomic E-state index is 5.81. The van der Waals surface area contributed by atoms with Gasteiger partial charge in [-0.1, -0.05) is 31.2 Å². The minimum absolute atomic E-state index is 0.583. The van der Waals surface area contributed by atoms with E-state index in [1.807, 2.05) is 10.9 Å². The van der Waals surface area contributed by atoms with Crippen LogP contribution in [0.25, 0.3) is 0 Å². The molecule has 0 fully saturated rings. The summed E-state index contributed by atoms with van der Waals surface area (Å²) in [6.45, 7) is 7.61. The van der Waals surface area contributed by atoms with Crippen LogP contribution in [-0.2, 0) is 19.7 Å². The van der Waals surface area contributed by atoms with E-state index < -0.39 is 0 Å². The molecule has 4 nitrogen and oxygen atoms in total. The van der Waals surface area contributed by atoms with Crippen LogP contribution < -0.4 is 10.1 Å². The molecule has 0 bridgehead atoms. The van der Waals surface area contributed by atoms with Gasteiger partial charge in [0.1, 0.15) is 6.61 Å². The summed E-state index contributed by atoms with van der Waals surface area (Å²) in [5, 5.41) is 7.64. The number of aryl methyl sites for hydroxylation is 1. The van der Waals surface area contributed by atoms with Gasteiger partial charge in [-0.25, -0.2) is 0 Å². The monoisotopic (exact) mass is 273 g/mol. The first-order chi connectivity index (χ1) is 9.83. The minimum atomic E-state index is 0.583. The molecule has 0 radical (unpaired) electrons. The van der Waals surface area contributed by atoms with E-state index in [4.69, 9.17) is 4.74 Å². The van der Waals surface area contributed by atoms with E-state index in [1.165, 1.54) is 11.1 Å². The van der Waals surface area contributed by atoms with Gasteiger partial charge in [-0.2, -0.15) is 5.10 Å². The number of hydrogen-bond donors (Lipinski definition) is 1. The standard InChI is InChI=1S/C16H23N3O/c1-3-9-17-10-14-7-5-6-8-15(14)13-20-16-11-18-19(4-2)12-16/h5-8,11-12,17H,3-4,9-10,13H2,1-2H3. The lowest BCUT2D eigenvalue weighted by atomic mass is 10.1. The summed E-state index contributed by atoms with van der Waals surface area (Å²) in [5.41, 5.74) is 2.52. The normalized spacial score (nSPS) is 10.7. The summed E-state index contributed by atoms with van der Waals surface area (Å²) in [6.07, 6.45) is 4.84. The molecule has 0 unspecified atom stereocenters. The van der Waals surface area contributed by atoms with Gasteiger partial charge in [0, 0.05) is 13.1 Å². The molecular weight excluding hydrogens is 250 g/mol. The van der Waals surface area contributed by atoms with Crippen LogP contribution >= 0.6 is 0 Å². The molecule has 2 rings (SSSR count). The molecule has 0 saturated carbocycles. The van der Waals surface area contributed by atoms with Gasteiger partial charge in [-0.3, -0.25) is 4.68 Å². The van der Waals surface area contributed by atoms with Crippen molar-refractivity contribution in [2.45, 2.75) is 40.0 Å². The zero-order valence-corrected chi connectivity index (χ0v) is 12.3.